The van der Waals surface area contributed by atoms with Crippen LogP contribution in [0.1, 0.15) is 10.4 Å². The minimum atomic E-state index is -0.479. The molecule has 1 amide bonds. The van der Waals surface area contributed by atoms with Gasteiger partial charge in [0.2, 0.25) is 0 Å². The van der Waals surface area contributed by atoms with Crippen molar-refractivity contribution in [2.75, 3.05) is 0 Å². The summed E-state index contributed by atoms with van der Waals surface area (Å²) in [5, 5.41) is 7.77. The Morgan fingerprint density at radius 3 is 3.00 bits per heavy atom. The number of carbonyl (C=O) groups is 1. The molecule has 6 nitrogen and oxygen atoms in total. The Bertz CT molecular complexity index is 697. The Morgan fingerprint density at radius 2 is 2.18 bits per heavy atom. The lowest BCUT2D eigenvalue weighted by atomic mass is 10.1. The van der Waals surface area contributed by atoms with Gasteiger partial charge in [0.1, 0.15) is 0 Å². The van der Waals surface area contributed by atoms with E-state index in [1.807, 2.05) is 12.1 Å². The van der Waals surface area contributed by atoms with Crippen LogP contribution in [0.2, 0.25) is 0 Å². The van der Waals surface area contributed by atoms with Gasteiger partial charge in [-0.25, -0.2) is 4.98 Å². The number of aromatic amines is 2. The van der Waals surface area contributed by atoms with E-state index in [4.69, 9.17) is 5.73 Å². The molecule has 0 fully saturated rings. The number of nitrogens with two attached hydrogens (primary N) is 1. The van der Waals surface area contributed by atoms with Crippen LogP contribution in [0.3, 0.4) is 0 Å². The Labute approximate surface area is 95.9 Å². The first-order valence-corrected chi connectivity index (χ1v) is 5.04. The van der Waals surface area contributed by atoms with Crippen molar-refractivity contribution in [2.45, 2.75) is 0 Å². The van der Waals surface area contributed by atoms with Gasteiger partial charge < -0.3 is 10.7 Å². The number of aromatic nitrogens is 4. The summed E-state index contributed by atoms with van der Waals surface area (Å²) in [4.78, 5) is 18.4. The summed E-state index contributed by atoms with van der Waals surface area (Å²) in [6, 6.07) is 5.34. The molecule has 3 aromatic heterocycles. The maximum absolute atomic E-state index is 11.3. The van der Waals surface area contributed by atoms with Crippen LogP contribution in [0, 0.1) is 0 Å². The summed E-state index contributed by atoms with van der Waals surface area (Å²) < 4.78 is 0. The van der Waals surface area contributed by atoms with Crippen molar-refractivity contribution in [1.82, 2.24) is 20.2 Å². The number of H-pyrrole nitrogens is 2. The number of rotatable bonds is 2. The third kappa shape index (κ3) is 1.38. The number of hydrogen-bond donors (Lipinski definition) is 3. The van der Waals surface area contributed by atoms with Crippen LogP contribution in [-0.2, 0) is 0 Å². The molecular formula is C11H9N5O. The Hall–Kier alpha value is -2.63. The summed E-state index contributed by atoms with van der Waals surface area (Å²) in [5.74, 6) is -0.479. The molecule has 0 saturated carbocycles. The number of nitrogens with zero attached hydrogens (tertiary/aromatic N) is 2. The van der Waals surface area contributed by atoms with Crippen molar-refractivity contribution >= 4 is 16.9 Å². The summed E-state index contributed by atoms with van der Waals surface area (Å²) in [6.45, 7) is 0. The minimum absolute atomic E-state index is 0.430. The Kier molecular flexibility index (Phi) is 1.94. The zero-order valence-corrected chi connectivity index (χ0v) is 8.77. The van der Waals surface area contributed by atoms with E-state index in [1.54, 1.807) is 18.5 Å². The van der Waals surface area contributed by atoms with Crippen LogP contribution < -0.4 is 5.73 Å². The van der Waals surface area contributed by atoms with Gasteiger partial charge in [0.15, 0.2) is 5.65 Å². The van der Waals surface area contributed by atoms with Crippen molar-refractivity contribution in [3.63, 3.8) is 0 Å². The smallest absolute Gasteiger partial charge is 0.250 e. The number of hydrogen-bond acceptors (Lipinski definition) is 3. The highest BCUT2D eigenvalue weighted by Crippen LogP contribution is 2.26. The molecule has 4 N–H and O–H groups in total. The molecule has 0 radical (unpaired) electrons. The number of fused-ring (bicyclic) bond motifs is 1. The largest absolute Gasteiger partial charge is 0.366 e. The maximum Gasteiger partial charge on any atom is 0.250 e. The predicted molar refractivity (Wildman–Crippen MR) is 62.2 cm³/mol. The van der Waals surface area contributed by atoms with Gasteiger partial charge in [-0.3, -0.25) is 9.89 Å². The SMILES string of the molecule is NC(=O)c1cc[nH]c1-c1[nH]nc2ncccc12. The highest BCUT2D eigenvalue weighted by Gasteiger charge is 2.15. The zero-order valence-electron chi connectivity index (χ0n) is 8.77. The molecule has 0 aromatic carbocycles. The van der Waals surface area contributed by atoms with Gasteiger partial charge in [-0.1, -0.05) is 0 Å². The number of carbonyl (C=O) groups excluding carboxylic acids is 1. The second kappa shape index (κ2) is 3.44. The molecule has 17 heavy (non-hydrogen) atoms. The van der Waals surface area contributed by atoms with Crippen LogP contribution in [0.4, 0.5) is 0 Å². The predicted octanol–water partition coefficient (Wildman–Crippen LogP) is 1.05. The van der Waals surface area contributed by atoms with Gasteiger partial charge in [-0.15, -0.1) is 0 Å². The molecule has 84 valence electrons. The fraction of sp³-hybridized carbons (Fsp3) is 0. The lowest BCUT2D eigenvalue weighted by Gasteiger charge is -1.98. The quantitative estimate of drug-likeness (QED) is 0.610. The standard InChI is InChI=1S/C11H9N5O/c12-10(17)6-3-5-13-8(6)9-7-2-1-4-14-11(7)16-15-9/h1-5,13H,(H2,12,17)(H,14,15,16). The van der Waals surface area contributed by atoms with Crippen molar-refractivity contribution < 1.29 is 4.79 Å². The first-order chi connectivity index (χ1) is 8.27. The lowest BCUT2D eigenvalue weighted by Crippen LogP contribution is -2.11. The van der Waals surface area contributed by atoms with Crippen LogP contribution in [0.15, 0.2) is 30.6 Å². The van der Waals surface area contributed by atoms with Gasteiger partial charge in [-0.05, 0) is 18.2 Å². The van der Waals surface area contributed by atoms with Crippen LogP contribution in [0.25, 0.3) is 22.4 Å². The maximum atomic E-state index is 11.3. The third-order valence-corrected chi connectivity index (χ3v) is 2.59. The molecule has 0 unspecified atom stereocenters. The van der Waals surface area contributed by atoms with E-state index in [1.165, 1.54) is 0 Å². The monoisotopic (exact) mass is 227 g/mol. The van der Waals surface area contributed by atoms with Crippen molar-refractivity contribution in [2.24, 2.45) is 5.73 Å². The van der Waals surface area contributed by atoms with Crippen LogP contribution in [-0.4, -0.2) is 26.1 Å². The minimum Gasteiger partial charge on any atom is -0.366 e. The van der Waals surface area contributed by atoms with E-state index in [-0.39, 0.29) is 0 Å². The fourth-order valence-corrected chi connectivity index (χ4v) is 1.82. The molecule has 6 heteroatoms. The highest BCUT2D eigenvalue weighted by molar-refractivity contribution is 6.02. The first kappa shape index (κ1) is 9.59. The van der Waals surface area contributed by atoms with Crippen molar-refractivity contribution in [3.05, 3.63) is 36.2 Å². The van der Waals surface area contributed by atoms with E-state index in [0.717, 1.165) is 5.39 Å². The molecule has 0 saturated heterocycles. The average Bonchev–Trinajstić information content (AvgIpc) is 2.94. The van der Waals surface area contributed by atoms with E-state index in [2.05, 4.69) is 20.2 Å². The van der Waals surface area contributed by atoms with E-state index in [9.17, 15) is 4.79 Å². The van der Waals surface area contributed by atoms with Gasteiger partial charge in [0.25, 0.3) is 5.91 Å². The lowest BCUT2D eigenvalue weighted by molar-refractivity contribution is 0.100. The molecule has 0 aliphatic heterocycles. The molecule has 0 aliphatic carbocycles. The molecule has 3 heterocycles. The summed E-state index contributed by atoms with van der Waals surface area (Å²) in [5.41, 5.74) is 7.68. The molecule has 3 rings (SSSR count). The van der Waals surface area contributed by atoms with Crippen LogP contribution in [0.5, 0.6) is 0 Å². The summed E-state index contributed by atoms with van der Waals surface area (Å²) in [7, 11) is 0. The number of nitrogens with one attached hydrogen (secondary N) is 2. The zero-order chi connectivity index (χ0) is 11.8. The van der Waals surface area contributed by atoms with E-state index in [0.29, 0.717) is 22.6 Å². The second-order valence-electron chi connectivity index (χ2n) is 3.60. The third-order valence-electron chi connectivity index (χ3n) is 2.59. The van der Waals surface area contributed by atoms with Gasteiger partial charge in [0.05, 0.1) is 17.0 Å². The normalized spacial score (nSPS) is 10.8. The van der Waals surface area contributed by atoms with Gasteiger partial charge in [-0.2, -0.15) is 5.10 Å². The molecule has 0 aliphatic rings. The average molecular weight is 227 g/mol. The van der Waals surface area contributed by atoms with Crippen molar-refractivity contribution in [1.29, 1.82) is 0 Å². The van der Waals surface area contributed by atoms with E-state index >= 15 is 0 Å². The van der Waals surface area contributed by atoms with Gasteiger partial charge in [0, 0.05) is 17.8 Å². The molecule has 0 atom stereocenters. The molecular weight excluding hydrogens is 218 g/mol. The molecule has 0 bridgehead atoms. The molecule has 3 aromatic rings. The van der Waals surface area contributed by atoms with Crippen molar-refractivity contribution in [3.8, 4) is 11.4 Å². The second-order valence-corrected chi connectivity index (χ2v) is 3.60. The van der Waals surface area contributed by atoms with Gasteiger partial charge >= 0.3 is 0 Å². The highest BCUT2D eigenvalue weighted by atomic mass is 16.1. The summed E-state index contributed by atoms with van der Waals surface area (Å²) >= 11 is 0. The number of primary amides is 1. The Balaban J connectivity index is 2.28. The number of amides is 1. The topological polar surface area (TPSA) is 100 Å². The summed E-state index contributed by atoms with van der Waals surface area (Å²) in [6.07, 6.45) is 3.33. The fourth-order valence-electron chi connectivity index (χ4n) is 1.82. The first-order valence-electron chi connectivity index (χ1n) is 5.04. The van der Waals surface area contributed by atoms with Crippen LogP contribution >= 0.6 is 0 Å². The Morgan fingerprint density at radius 1 is 1.29 bits per heavy atom. The van der Waals surface area contributed by atoms with E-state index < -0.39 is 5.91 Å². The number of pyridine rings is 1. The molecule has 0 spiro atoms.